The highest BCUT2D eigenvalue weighted by atomic mass is 19.1. The van der Waals surface area contributed by atoms with Crippen molar-refractivity contribution < 1.29 is 75.5 Å². The Balaban J connectivity index is 0.000000188. The van der Waals surface area contributed by atoms with Gasteiger partial charge in [-0.1, -0.05) is 66.7 Å². The summed E-state index contributed by atoms with van der Waals surface area (Å²) < 4.78 is 80.4. The van der Waals surface area contributed by atoms with Crippen LogP contribution in [0, 0.1) is 23.3 Å². The molecule has 460 valence electrons. The summed E-state index contributed by atoms with van der Waals surface area (Å²) in [6.45, 7) is 0.423. The number of ketones is 2. The van der Waals surface area contributed by atoms with Gasteiger partial charge in [-0.25, -0.2) is 37.1 Å². The Morgan fingerprint density at radius 2 is 0.880 bits per heavy atom. The molecule has 2 aliphatic carbocycles. The molecule has 0 radical (unpaired) electrons. The highest BCUT2D eigenvalue weighted by Gasteiger charge is 2.28. The van der Waals surface area contributed by atoms with Crippen molar-refractivity contribution in [3.8, 4) is 68.4 Å². The first-order valence-electron chi connectivity index (χ1n) is 27.7. The molecule has 0 saturated carbocycles. The predicted molar refractivity (Wildman–Crippen MR) is 326 cm³/mol. The number of phenols is 2. The molecule has 2 aromatic heterocycles. The lowest BCUT2D eigenvalue weighted by Gasteiger charge is -2.18. The van der Waals surface area contributed by atoms with Gasteiger partial charge in [0.15, 0.2) is 46.3 Å². The van der Waals surface area contributed by atoms with E-state index in [9.17, 15) is 66.8 Å². The number of hydrogen-bond donors (Lipinski definition) is 6. The van der Waals surface area contributed by atoms with Crippen LogP contribution in [0.2, 0.25) is 0 Å². The number of ether oxygens (including phenoxy) is 2. The van der Waals surface area contributed by atoms with E-state index < -0.39 is 57.6 Å². The third-order valence-corrected chi connectivity index (χ3v) is 14.7. The first kappa shape index (κ1) is 61.3. The molecule has 0 fully saturated rings. The summed E-state index contributed by atoms with van der Waals surface area (Å²) in [4.78, 5) is 91.3. The Kier molecular flexibility index (Phi) is 17.2. The maximum absolute atomic E-state index is 14.6. The third kappa shape index (κ3) is 13.2. The first-order chi connectivity index (χ1) is 44.1. The van der Waals surface area contributed by atoms with Crippen molar-refractivity contribution in [2.75, 3.05) is 11.5 Å². The fourth-order valence-electron chi connectivity index (χ4n) is 10.2. The zero-order chi connectivity index (χ0) is 65.1. The maximum Gasteiger partial charge on any atom is 0.336 e. The molecule has 4 heterocycles. The number of phenolic OH excluding ortho intramolecular Hbond substituents is 2. The second-order valence-corrected chi connectivity index (χ2v) is 20.8. The molecule has 0 unspecified atom stereocenters. The minimum atomic E-state index is -1.40. The number of nitrogen functional groups attached to an aromatic ring is 2. The summed E-state index contributed by atoms with van der Waals surface area (Å²) in [6, 6.07) is 33.4. The van der Waals surface area contributed by atoms with Crippen LogP contribution in [0.1, 0.15) is 76.5 Å². The number of hydrogen-bond acceptors (Lipinski definition) is 18. The van der Waals surface area contributed by atoms with Crippen LogP contribution in [-0.4, -0.2) is 63.9 Å². The van der Waals surface area contributed by atoms with Crippen LogP contribution in [0.4, 0.5) is 29.2 Å². The van der Waals surface area contributed by atoms with Gasteiger partial charge >= 0.3 is 24.0 Å². The molecule has 24 heteroatoms. The van der Waals surface area contributed by atoms with Crippen molar-refractivity contribution >= 4 is 57.1 Å². The van der Waals surface area contributed by atoms with Gasteiger partial charge in [-0.15, -0.1) is 0 Å². The number of aromatic nitrogens is 4. The third-order valence-electron chi connectivity index (χ3n) is 14.7. The van der Waals surface area contributed by atoms with E-state index in [0.29, 0.717) is 18.7 Å². The second-order valence-electron chi connectivity index (χ2n) is 20.8. The minimum absolute atomic E-state index is 0.000637. The Morgan fingerprint density at radius 3 is 1.33 bits per heavy atom. The molecule has 0 spiro atoms. The number of anilines is 2. The number of carbonyl (C=O) groups is 4. The number of carboxylic acids is 2. The molecule has 12 rings (SSSR count). The van der Waals surface area contributed by atoms with Gasteiger partial charge in [-0.2, -0.15) is 9.97 Å². The number of fused-ring (bicyclic) bond motifs is 4. The van der Waals surface area contributed by atoms with Crippen molar-refractivity contribution in [2.45, 2.75) is 38.9 Å². The lowest BCUT2D eigenvalue weighted by molar-refractivity contribution is 0.0686. The number of halogens is 4. The number of rotatable bonds is 18. The summed E-state index contributed by atoms with van der Waals surface area (Å²) >= 11 is 0. The molecule has 0 atom stereocenters. The molecule has 20 nitrogen and oxygen atoms in total. The quantitative estimate of drug-likeness (QED) is 0.0264. The van der Waals surface area contributed by atoms with Gasteiger partial charge in [0, 0.05) is 93.7 Å². The second kappa shape index (κ2) is 25.8. The Labute approximate surface area is 515 Å². The van der Waals surface area contributed by atoms with E-state index in [0.717, 1.165) is 70.8 Å². The molecule has 2 aliphatic heterocycles. The van der Waals surface area contributed by atoms with Crippen molar-refractivity contribution in [1.29, 1.82) is 0 Å². The van der Waals surface area contributed by atoms with E-state index >= 15 is 0 Å². The lowest BCUT2D eigenvalue weighted by atomic mass is 9.88. The smallest absolute Gasteiger partial charge is 0.336 e. The molecule has 8 aromatic rings. The Morgan fingerprint density at radius 1 is 0.457 bits per heavy atom. The van der Waals surface area contributed by atoms with Crippen LogP contribution in [0.15, 0.2) is 176 Å². The molecule has 8 N–H and O–H groups in total. The Bertz CT molecular complexity index is 4990. The van der Waals surface area contributed by atoms with E-state index in [4.69, 9.17) is 29.8 Å². The maximum atomic E-state index is 14.6. The minimum Gasteiger partial charge on any atom is -0.505 e. The zero-order valence-corrected chi connectivity index (χ0v) is 47.6. The van der Waals surface area contributed by atoms with Crippen LogP contribution in [0.3, 0.4) is 0 Å². The van der Waals surface area contributed by atoms with E-state index in [-0.39, 0.29) is 145 Å². The number of benzene rings is 8. The van der Waals surface area contributed by atoms with Gasteiger partial charge in [0.25, 0.3) is 0 Å². The lowest BCUT2D eigenvalue weighted by Crippen LogP contribution is -2.09. The largest absolute Gasteiger partial charge is 0.505 e. The summed E-state index contributed by atoms with van der Waals surface area (Å²) in [6.07, 6.45) is 3.87. The number of carbonyl (C=O) groups excluding carboxylic acids is 2. The van der Waals surface area contributed by atoms with Crippen LogP contribution in [0.5, 0.6) is 23.5 Å². The van der Waals surface area contributed by atoms with E-state index in [2.05, 4.69) is 19.9 Å². The average molecular weight is 1250 g/mol. The topological polar surface area (TPSA) is 332 Å². The summed E-state index contributed by atoms with van der Waals surface area (Å²) in [5.41, 5.74) is 12.3. The molecular weight excluding hydrogens is 1200 g/mol. The SMILES string of the molecule is Nc1ccnc(OCc2ccc(CCC(=O)c3ccc(-c4c5cc(F)c(=O)cc-5oc5cc(O)c(F)cc45)c(C(=O)O)c3)cc2)n1.Nc1ccnc(OCc2ccc(CCC(=O)c3ccc(C(=O)O)c(-c4c5cc(F)c(=O)cc-5oc5cc(O)c(F)cc45)c3)cc2)n1. The van der Waals surface area contributed by atoms with Crippen LogP contribution < -0.4 is 31.8 Å². The monoisotopic (exact) mass is 1250 g/mol. The van der Waals surface area contributed by atoms with Crippen LogP contribution >= 0.6 is 0 Å². The van der Waals surface area contributed by atoms with Crippen molar-refractivity contribution in [3.05, 3.63) is 246 Å². The number of nitrogens with zero attached hydrogens (tertiary/aromatic N) is 4. The van der Waals surface area contributed by atoms with Gasteiger partial charge in [0.05, 0.1) is 11.1 Å². The number of aromatic hydroxyl groups is 2. The highest BCUT2D eigenvalue weighted by Crippen LogP contribution is 2.45. The fourth-order valence-corrected chi connectivity index (χ4v) is 10.2. The summed E-state index contributed by atoms with van der Waals surface area (Å²) in [7, 11) is 0. The molecule has 0 saturated heterocycles. The standard InChI is InChI=1S/2C34H23F2N3O7/c35-24-12-22-29(14-27(24)41)46-30-15-28(42)25(36)13-23(30)32(22)21-11-19(6-7-20(21)33(43)44)26(40)8-5-17-1-3-18(4-2-17)16-45-34-38-10-9-31(37)39-34;35-24-12-22-29(14-27(24)41)46-30-15-28(42)25(36)13-23(30)32(22)20-7-6-19(11-21(20)33(43)44)26(40)8-5-17-1-3-18(4-2-17)16-45-34-38-10-9-31(37)39-34/h2*1-4,6-7,9-15,41H,5,8,16H2,(H,43,44)(H2,37,38,39). The number of carboxylic acid groups (broad SMARTS) is 2. The van der Waals surface area contributed by atoms with Gasteiger partial charge < -0.3 is 50.2 Å². The van der Waals surface area contributed by atoms with Gasteiger partial charge in [-0.05, 0) is 101 Å². The number of aryl methyl sites for hydroxylation is 2. The fraction of sp³-hybridized carbons (Fsp3) is 0.0882. The van der Waals surface area contributed by atoms with Gasteiger partial charge in [0.2, 0.25) is 10.9 Å². The number of nitrogens with two attached hydrogens (primary N) is 2. The highest BCUT2D eigenvalue weighted by molar-refractivity contribution is 6.11. The van der Waals surface area contributed by atoms with E-state index in [1.807, 2.05) is 48.5 Å². The van der Waals surface area contributed by atoms with E-state index in [1.54, 1.807) is 12.1 Å². The normalized spacial score (nSPS) is 11.2. The Hall–Kier alpha value is -12.3. The van der Waals surface area contributed by atoms with Crippen molar-refractivity contribution in [1.82, 2.24) is 19.9 Å². The van der Waals surface area contributed by atoms with Gasteiger partial charge in [-0.3, -0.25) is 19.2 Å². The van der Waals surface area contributed by atoms with Crippen molar-refractivity contribution in [3.63, 3.8) is 0 Å². The molecule has 6 aromatic carbocycles. The van der Waals surface area contributed by atoms with Crippen LogP contribution in [0.25, 0.3) is 66.8 Å². The molecule has 0 amide bonds. The first-order valence-corrected chi connectivity index (χ1v) is 27.7. The number of aromatic carboxylic acids is 2. The molecule has 92 heavy (non-hydrogen) atoms. The van der Waals surface area contributed by atoms with E-state index in [1.165, 1.54) is 48.8 Å². The molecule has 4 aliphatic rings. The summed E-state index contributed by atoms with van der Waals surface area (Å²) in [5.74, 6) is -8.84. The molecular formula is C68H46F4N6O14. The van der Waals surface area contributed by atoms with Gasteiger partial charge in [0.1, 0.15) is 47.5 Å². The molecule has 0 bridgehead atoms. The predicted octanol–water partition coefficient (Wildman–Crippen LogP) is 12.0. The summed E-state index contributed by atoms with van der Waals surface area (Å²) in [5, 5.41) is 40.0. The zero-order valence-electron chi connectivity index (χ0n) is 47.6. The van der Waals surface area contributed by atoms with Crippen molar-refractivity contribution in [2.24, 2.45) is 0 Å². The van der Waals surface area contributed by atoms with Crippen LogP contribution in [-0.2, 0) is 26.1 Å². The number of Topliss-reactive ketones (excluding diaryl/α,β-unsaturated/α-hetero) is 2. The average Bonchev–Trinajstić information content (AvgIpc) is 0.750.